The van der Waals surface area contributed by atoms with Crippen molar-refractivity contribution >= 4 is 23.2 Å². The van der Waals surface area contributed by atoms with Crippen molar-refractivity contribution < 1.29 is 14.3 Å². The predicted octanol–water partition coefficient (Wildman–Crippen LogP) is 0.930. The Balaban J connectivity index is 1.43. The van der Waals surface area contributed by atoms with E-state index in [1.807, 2.05) is 11.9 Å². The molecule has 0 bridgehead atoms. The molecule has 2 aromatic rings. The van der Waals surface area contributed by atoms with Crippen LogP contribution in [0.2, 0.25) is 0 Å². The average molecular weight is 416 g/mol. The van der Waals surface area contributed by atoms with Crippen LogP contribution in [-0.4, -0.2) is 52.7 Å². The molecule has 2 amide bonds. The summed E-state index contributed by atoms with van der Waals surface area (Å²) in [5.74, 6) is -0.536. The van der Waals surface area contributed by atoms with Gasteiger partial charge in [0.2, 0.25) is 0 Å². The Morgan fingerprint density at radius 3 is 2.86 bits per heavy atom. The van der Waals surface area contributed by atoms with Crippen LogP contribution in [0.5, 0.6) is 0 Å². The van der Waals surface area contributed by atoms with E-state index >= 15 is 0 Å². The van der Waals surface area contributed by atoms with Crippen LogP contribution in [0.3, 0.4) is 0 Å². The van der Waals surface area contributed by atoms with E-state index in [0.717, 1.165) is 48.5 Å². The molecule has 1 spiro atoms. The summed E-state index contributed by atoms with van der Waals surface area (Å²) in [6.07, 6.45) is 3.41. The van der Waals surface area contributed by atoms with Gasteiger partial charge in [-0.3, -0.25) is 14.3 Å². The second-order valence-corrected chi connectivity index (χ2v) is 9.17. The number of hydrogen-bond donors (Lipinski definition) is 2. The third kappa shape index (κ3) is 2.99. The second kappa shape index (κ2) is 6.93. The van der Waals surface area contributed by atoms with E-state index in [1.165, 1.54) is 10.4 Å². The number of piperidine rings is 1. The van der Waals surface area contributed by atoms with Gasteiger partial charge in [-0.1, -0.05) is 0 Å². The van der Waals surface area contributed by atoms with E-state index in [1.54, 1.807) is 16.0 Å². The first-order valence-corrected chi connectivity index (χ1v) is 10.9. The van der Waals surface area contributed by atoms with E-state index in [4.69, 9.17) is 10.5 Å². The van der Waals surface area contributed by atoms with Crippen LogP contribution < -0.4 is 11.1 Å². The maximum absolute atomic E-state index is 13.3. The zero-order valence-electron chi connectivity index (χ0n) is 16.5. The first-order valence-electron chi connectivity index (χ1n) is 10.1. The zero-order valence-corrected chi connectivity index (χ0v) is 17.3. The van der Waals surface area contributed by atoms with Gasteiger partial charge >= 0.3 is 0 Å². The normalized spacial score (nSPS) is 20.4. The van der Waals surface area contributed by atoms with Crippen molar-refractivity contribution in [2.45, 2.75) is 37.8 Å². The SMILES string of the molecule is Cn1nc(C(N)=O)c2c1CCN(C(=O)c1cc3c(s1)CCOC31CCNCC1)C2. The molecule has 0 aromatic carbocycles. The molecule has 2 aromatic heterocycles. The minimum Gasteiger partial charge on any atom is -0.370 e. The minimum absolute atomic E-state index is 0.0124. The molecule has 3 N–H and O–H groups in total. The number of nitrogens with zero attached hydrogens (tertiary/aromatic N) is 3. The first-order chi connectivity index (χ1) is 14.0. The molecule has 3 aliphatic rings. The van der Waals surface area contributed by atoms with E-state index in [9.17, 15) is 9.59 Å². The van der Waals surface area contributed by atoms with Crippen molar-refractivity contribution in [3.05, 3.63) is 38.3 Å². The van der Waals surface area contributed by atoms with Crippen LogP contribution in [0, 0.1) is 0 Å². The quantitative estimate of drug-likeness (QED) is 0.760. The minimum atomic E-state index is -0.548. The van der Waals surface area contributed by atoms with Crippen molar-refractivity contribution in [2.24, 2.45) is 12.8 Å². The number of hydrogen-bond acceptors (Lipinski definition) is 6. The monoisotopic (exact) mass is 415 g/mol. The third-order valence-electron chi connectivity index (χ3n) is 6.39. The summed E-state index contributed by atoms with van der Waals surface area (Å²) in [6, 6.07) is 2.06. The molecule has 0 aliphatic carbocycles. The fraction of sp³-hybridized carbons (Fsp3) is 0.550. The molecular weight excluding hydrogens is 390 g/mol. The number of thiophene rings is 1. The van der Waals surface area contributed by atoms with Crippen molar-refractivity contribution in [1.82, 2.24) is 20.0 Å². The number of rotatable bonds is 2. The predicted molar refractivity (Wildman–Crippen MR) is 108 cm³/mol. The molecule has 3 aliphatic heterocycles. The molecule has 154 valence electrons. The topological polar surface area (TPSA) is 102 Å². The molecule has 5 rings (SSSR count). The van der Waals surface area contributed by atoms with Crippen LogP contribution in [0.1, 0.15) is 54.7 Å². The lowest BCUT2D eigenvalue weighted by Crippen LogP contribution is -2.44. The molecule has 29 heavy (non-hydrogen) atoms. The highest BCUT2D eigenvalue weighted by atomic mass is 32.1. The van der Waals surface area contributed by atoms with Crippen molar-refractivity contribution in [2.75, 3.05) is 26.2 Å². The van der Waals surface area contributed by atoms with E-state index in [2.05, 4.69) is 16.5 Å². The van der Waals surface area contributed by atoms with Crippen molar-refractivity contribution in [3.8, 4) is 0 Å². The molecule has 8 nitrogen and oxygen atoms in total. The summed E-state index contributed by atoms with van der Waals surface area (Å²) < 4.78 is 7.95. The van der Waals surface area contributed by atoms with Gasteiger partial charge in [0.1, 0.15) is 0 Å². The maximum Gasteiger partial charge on any atom is 0.269 e. The number of aromatic nitrogens is 2. The Bertz CT molecular complexity index is 989. The van der Waals surface area contributed by atoms with Gasteiger partial charge in [0.25, 0.3) is 11.8 Å². The Labute approximate surface area is 173 Å². The zero-order chi connectivity index (χ0) is 20.2. The Morgan fingerprint density at radius 2 is 2.10 bits per heavy atom. The van der Waals surface area contributed by atoms with Gasteiger partial charge in [-0.25, -0.2) is 0 Å². The molecule has 9 heteroatoms. The van der Waals surface area contributed by atoms with Crippen molar-refractivity contribution in [1.29, 1.82) is 0 Å². The Kier molecular flexibility index (Phi) is 4.49. The molecular formula is C20H25N5O3S. The summed E-state index contributed by atoms with van der Waals surface area (Å²) in [7, 11) is 1.81. The fourth-order valence-corrected chi connectivity index (χ4v) is 6.09. The number of carbonyl (C=O) groups excluding carboxylic acids is 2. The largest absolute Gasteiger partial charge is 0.370 e. The number of amides is 2. The number of primary amides is 1. The number of nitrogens with two attached hydrogens (primary N) is 1. The van der Waals surface area contributed by atoms with E-state index in [0.29, 0.717) is 26.1 Å². The Morgan fingerprint density at radius 1 is 1.31 bits per heavy atom. The summed E-state index contributed by atoms with van der Waals surface area (Å²) in [5, 5.41) is 7.65. The molecule has 0 atom stereocenters. The van der Waals surface area contributed by atoms with Crippen LogP contribution in [0.4, 0.5) is 0 Å². The number of carbonyl (C=O) groups is 2. The standard InChI is InChI=1S/C20H25N5O3S/c1-24-14-2-8-25(11-12(14)17(23-24)18(21)26)19(27)16-10-13-15(29-16)3-9-28-20(13)4-6-22-7-5-20/h10,22H,2-9,11H2,1H3,(H2,21,26). The second-order valence-electron chi connectivity index (χ2n) is 8.03. The molecule has 5 heterocycles. The lowest BCUT2D eigenvalue weighted by molar-refractivity contribution is -0.0792. The molecule has 1 fully saturated rings. The highest BCUT2D eigenvalue weighted by molar-refractivity contribution is 7.14. The van der Waals surface area contributed by atoms with Crippen molar-refractivity contribution in [3.63, 3.8) is 0 Å². The van der Waals surface area contributed by atoms with Crippen LogP contribution in [-0.2, 0) is 36.8 Å². The van der Waals surface area contributed by atoms with Gasteiger partial charge in [-0.15, -0.1) is 11.3 Å². The first kappa shape index (κ1) is 18.8. The average Bonchev–Trinajstić information content (AvgIpc) is 3.31. The van der Waals surface area contributed by atoms with Crippen LogP contribution in [0.25, 0.3) is 0 Å². The molecule has 0 saturated carbocycles. The maximum atomic E-state index is 13.3. The number of ether oxygens (including phenoxy) is 1. The van der Waals surface area contributed by atoms with Gasteiger partial charge < -0.3 is 20.7 Å². The van der Waals surface area contributed by atoms with Crippen LogP contribution in [0.15, 0.2) is 6.07 Å². The molecule has 0 unspecified atom stereocenters. The molecule has 1 saturated heterocycles. The van der Waals surface area contributed by atoms with Gasteiger partial charge in [0.05, 0.1) is 23.6 Å². The Hall–Kier alpha value is -2.23. The third-order valence-corrected chi connectivity index (χ3v) is 7.58. The molecule has 0 radical (unpaired) electrons. The lowest BCUT2D eigenvalue weighted by Gasteiger charge is -2.40. The summed E-state index contributed by atoms with van der Waals surface area (Å²) in [4.78, 5) is 28.9. The number of fused-ring (bicyclic) bond motifs is 3. The number of nitrogens with one attached hydrogen (secondary N) is 1. The lowest BCUT2D eigenvalue weighted by atomic mass is 9.83. The van der Waals surface area contributed by atoms with Gasteiger partial charge in [-0.2, -0.15) is 5.10 Å². The number of aryl methyl sites for hydroxylation is 1. The smallest absolute Gasteiger partial charge is 0.269 e. The summed E-state index contributed by atoms with van der Waals surface area (Å²) >= 11 is 1.60. The highest BCUT2D eigenvalue weighted by Gasteiger charge is 2.41. The van der Waals surface area contributed by atoms with E-state index in [-0.39, 0.29) is 17.2 Å². The van der Waals surface area contributed by atoms with Gasteiger partial charge in [0, 0.05) is 42.6 Å². The summed E-state index contributed by atoms with van der Waals surface area (Å²) in [5.41, 5.74) is 8.48. The summed E-state index contributed by atoms with van der Waals surface area (Å²) in [6.45, 7) is 3.56. The van der Waals surface area contributed by atoms with Crippen LogP contribution >= 0.6 is 11.3 Å². The van der Waals surface area contributed by atoms with E-state index < -0.39 is 5.91 Å². The van der Waals surface area contributed by atoms with Gasteiger partial charge in [0.15, 0.2) is 5.69 Å². The highest BCUT2D eigenvalue weighted by Crippen LogP contribution is 2.43. The fourth-order valence-electron chi connectivity index (χ4n) is 4.89. The van der Waals surface area contributed by atoms with Gasteiger partial charge in [-0.05, 0) is 37.6 Å².